The summed E-state index contributed by atoms with van der Waals surface area (Å²) in [6.45, 7) is 0. The van der Waals surface area contributed by atoms with Crippen molar-refractivity contribution >= 4 is 42.2 Å². The van der Waals surface area contributed by atoms with Crippen LogP contribution in [0.3, 0.4) is 0 Å². The highest BCUT2D eigenvalue weighted by atomic mass is 32.1. The van der Waals surface area contributed by atoms with E-state index in [2.05, 4.69) is 38.5 Å². The number of hydrogen-bond acceptors (Lipinski definition) is 9. The van der Waals surface area contributed by atoms with Gasteiger partial charge in [-0.15, -0.1) is 0 Å². The van der Waals surface area contributed by atoms with Crippen LogP contribution < -0.4 is 27.4 Å². The number of phenols is 1. The Morgan fingerprint density at radius 1 is 0.947 bits per heavy atom. The molecule has 2 rings (SSSR count). The predicted octanol–water partition coefficient (Wildman–Crippen LogP) is -2.04. The lowest BCUT2D eigenvalue weighted by Crippen LogP contribution is -2.58. The van der Waals surface area contributed by atoms with E-state index >= 15 is 0 Å². The van der Waals surface area contributed by atoms with E-state index in [1.807, 2.05) is 0 Å². The average molecular weight is 550 g/mol. The van der Waals surface area contributed by atoms with Crippen LogP contribution >= 0.6 is 12.6 Å². The quantitative estimate of drug-likeness (QED) is 0.111. The van der Waals surface area contributed by atoms with Crippen molar-refractivity contribution in [1.82, 2.24) is 25.9 Å². The fraction of sp³-hybridized carbons (Fsp3) is 0.391. The minimum absolute atomic E-state index is 0.0131. The SMILES string of the molecule is NC(=O)CCC(NC(=O)C(Cc1ccc(O)cc1)NC(=O)C(Cc1cnc[nH]1)NC(=O)C(N)CS)C(=O)O. The minimum atomic E-state index is -1.44. The van der Waals surface area contributed by atoms with Crippen molar-refractivity contribution in [3.05, 3.63) is 48.0 Å². The van der Waals surface area contributed by atoms with E-state index in [0.29, 0.717) is 11.3 Å². The Balaban J connectivity index is 2.28. The van der Waals surface area contributed by atoms with Crippen molar-refractivity contribution in [3.63, 3.8) is 0 Å². The Bertz CT molecular complexity index is 1110. The molecular weight excluding hydrogens is 518 g/mol. The number of thiol groups is 1. The number of carboxylic acid groups (broad SMARTS) is 1. The van der Waals surface area contributed by atoms with Crippen LogP contribution in [0.4, 0.5) is 0 Å². The molecule has 0 radical (unpaired) electrons. The number of aromatic hydroxyl groups is 1. The van der Waals surface area contributed by atoms with Crippen LogP contribution in [0.25, 0.3) is 0 Å². The van der Waals surface area contributed by atoms with E-state index in [-0.39, 0.29) is 37.2 Å². The summed E-state index contributed by atoms with van der Waals surface area (Å²) in [6, 6.07) is 0.934. The molecule has 1 aromatic heterocycles. The van der Waals surface area contributed by atoms with Gasteiger partial charge in [-0.05, 0) is 24.1 Å². The molecule has 0 aliphatic carbocycles. The third-order valence-corrected chi connectivity index (χ3v) is 5.84. The summed E-state index contributed by atoms with van der Waals surface area (Å²) in [6.07, 6.45) is 2.22. The maximum atomic E-state index is 13.3. The first-order chi connectivity index (χ1) is 18.0. The van der Waals surface area contributed by atoms with Gasteiger partial charge in [-0.25, -0.2) is 9.78 Å². The first-order valence-corrected chi connectivity index (χ1v) is 12.2. The highest BCUT2D eigenvalue weighted by molar-refractivity contribution is 7.80. The Kier molecular flexibility index (Phi) is 11.6. The zero-order chi connectivity index (χ0) is 28.2. The van der Waals surface area contributed by atoms with Gasteiger partial charge in [0.05, 0.1) is 12.4 Å². The van der Waals surface area contributed by atoms with Crippen molar-refractivity contribution in [2.75, 3.05) is 5.75 Å². The second kappa shape index (κ2) is 14.6. The van der Waals surface area contributed by atoms with Crippen LogP contribution in [0.15, 0.2) is 36.8 Å². The van der Waals surface area contributed by atoms with Crippen LogP contribution in [0, 0.1) is 0 Å². The third-order valence-electron chi connectivity index (χ3n) is 5.45. The molecule has 38 heavy (non-hydrogen) atoms. The van der Waals surface area contributed by atoms with Gasteiger partial charge >= 0.3 is 5.97 Å². The number of imidazole rings is 1. The topological polar surface area (TPSA) is 243 Å². The number of phenolic OH excluding ortho intramolecular Hbond substituents is 1. The predicted molar refractivity (Wildman–Crippen MR) is 138 cm³/mol. The minimum Gasteiger partial charge on any atom is -0.508 e. The van der Waals surface area contributed by atoms with Crippen molar-refractivity contribution in [2.45, 2.75) is 49.9 Å². The molecule has 0 saturated heterocycles. The van der Waals surface area contributed by atoms with E-state index in [0.717, 1.165) is 0 Å². The summed E-state index contributed by atoms with van der Waals surface area (Å²) in [5.74, 6) is -4.35. The van der Waals surface area contributed by atoms with E-state index in [9.17, 15) is 34.2 Å². The van der Waals surface area contributed by atoms with E-state index in [4.69, 9.17) is 11.5 Å². The standard InChI is InChI=1S/C23H31N7O7S/c24-15(10-38)20(33)29-18(8-13-9-26-11-27-13)22(35)30-17(7-12-1-3-14(31)4-2-12)21(34)28-16(23(36)37)5-6-19(25)32/h1-4,9,11,15-18,31,38H,5-8,10,24H2,(H2,25,32)(H,26,27)(H,28,34)(H,29,33)(H,30,35)(H,36,37). The smallest absolute Gasteiger partial charge is 0.326 e. The lowest BCUT2D eigenvalue weighted by Gasteiger charge is -2.25. The number of aromatic amines is 1. The van der Waals surface area contributed by atoms with Crippen molar-refractivity contribution < 1.29 is 34.2 Å². The average Bonchev–Trinajstić information content (AvgIpc) is 3.39. The second-order valence-electron chi connectivity index (χ2n) is 8.47. The van der Waals surface area contributed by atoms with Gasteiger partial charge in [-0.2, -0.15) is 12.6 Å². The van der Waals surface area contributed by atoms with E-state index in [1.54, 1.807) is 0 Å². The van der Waals surface area contributed by atoms with E-state index < -0.39 is 53.8 Å². The van der Waals surface area contributed by atoms with Gasteiger partial charge in [-0.1, -0.05) is 12.1 Å². The number of hydrogen-bond donors (Lipinski definition) is 9. The molecule has 1 aromatic carbocycles. The van der Waals surface area contributed by atoms with Crippen molar-refractivity contribution in [3.8, 4) is 5.75 Å². The molecule has 4 unspecified atom stereocenters. The molecule has 0 spiro atoms. The number of carboxylic acids is 1. The monoisotopic (exact) mass is 549 g/mol. The van der Waals surface area contributed by atoms with Gasteiger partial charge < -0.3 is 42.6 Å². The molecule has 0 fully saturated rings. The van der Waals surface area contributed by atoms with Gasteiger partial charge in [0.25, 0.3) is 0 Å². The molecule has 4 atom stereocenters. The van der Waals surface area contributed by atoms with Gasteiger partial charge in [0, 0.05) is 36.9 Å². The number of benzene rings is 1. The van der Waals surface area contributed by atoms with Gasteiger partial charge in [0.1, 0.15) is 23.9 Å². The zero-order valence-electron chi connectivity index (χ0n) is 20.3. The Labute approximate surface area is 223 Å². The summed E-state index contributed by atoms with van der Waals surface area (Å²) < 4.78 is 0. The molecule has 2 aromatic rings. The molecule has 0 aliphatic heterocycles. The second-order valence-corrected chi connectivity index (χ2v) is 8.83. The fourth-order valence-corrected chi connectivity index (χ4v) is 3.52. The first kappa shape index (κ1) is 30.1. The number of nitrogens with zero attached hydrogens (tertiary/aromatic N) is 1. The number of amides is 4. The number of primary amides is 1. The molecule has 10 N–H and O–H groups in total. The lowest BCUT2D eigenvalue weighted by molar-refractivity contribution is -0.142. The summed E-state index contributed by atoms with van der Waals surface area (Å²) in [5, 5.41) is 26.4. The molecule has 1 heterocycles. The fourth-order valence-electron chi connectivity index (χ4n) is 3.35. The molecular formula is C23H31N7O7S. The lowest BCUT2D eigenvalue weighted by atomic mass is 10.0. The summed E-state index contributed by atoms with van der Waals surface area (Å²) in [5.41, 5.74) is 11.9. The molecule has 15 heteroatoms. The van der Waals surface area contributed by atoms with Crippen molar-refractivity contribution in [2.24, 2.45) is 11.5 Å². The van der Waals surface area contributed by atoms with Crippen LogP contribution in [0.1, 0.15) is 24.1 Å². The van der Waals surface area contributed by atoms with E-state index in [1.165, 1.54) is 36.8 Å². The highest BCUT2D eigenvalue weighted by Gasteiger charge is 2.31. The number of rotatable bonds is 15. The molecule has 4 amide bonds. The van der Waals surface area contributed by atoms with Crippen LogP contribution in [0.2, 0.25) is 0 Å². The number of nitrogens with two attached hydrogens (primary N) is 2. The molecule has 0 bridgehead atoms. The number of aromatic nitrogens is 2. The summed E-state index contributed by atoms with van der Waals surface area (Å²) >= 11 is 3.99. The van der Waals surface area contributed by atoms with Crippen LogP contribution in [-0.2, 0) is 36.8 Å². The largest absolute Gasteiger partial charge is 0.508 e. The number of aliphatic carboxylic acids is 1. The zero-order valence-corrected chi connectivity index (χ0v) is 21.2. The van der Waals surface area contributed by atoms with Crippen molar-refractivity contribution in [1.29, 1.82) is 0 Å². The molecule has 14 nitrogen and oxygen atoms in total. The summed E-state index contributed by atoms with van der Waals surface area (Å²) in [4.78, 5) is 68.3. The number of nitrogens with one attached hydrogen (secondary N) is 4. The van der Waals surface area contributed by atoms with Gasteiger partial charge in [-0.3, -0.25) is 19.2 Å². The van der Waals surface area contributed by atoms with Crippen LogP contribution in [-0.4, -0.2) is 79.7 Å². The summed E-state index contributed by atoms with van der Waals surface area (Å²) in [7, 11) is 0. The number of carbonyl (C=O) groups excluding carboxylic acids is 4. The molecule has 0 saturated carbocycles. The van der Waals surface area contributed by atoms with Gasteiger partial charge in [0.15, 0.2) is 0 Å². The maximum Gasteiger partial charge on any atom is 0.326 e. The number of H-pyrrole nitrogens is 1. The Morgan fingerprint density at radius 2 is 1.53 bits per heavy atom. The highest BCUT2D eigenvalue weighted by Crippen LogP contribution is 2.12. The molecule has 0 aliphatic rings. The number of carbonyl (C=O) groups is 5. The normalized spacial score (nSPS) is 13.9. The third kappa shape index (κ3) is 9.74. The Morgan fingerprint density at radius 3 is 2.05 bits per heavy atom. The maximum absolute atomic E-state index is 13.3. The first-order valence-electron chi connectivity index (χ1n) is 11.5. The van der Waals surface area contributed by atoms with Gasteiger partial charge in [0.2, 0.25) is 23.6 Å². The van der Waals surface area contributed by atoms with Crippen LogP contribution in [0.5, 0.6) is 5.75 Å². The Hall–Kier alpha value is -4.11. The molecule has 206 valence electrons.